The predicted octanol–water partition coefficient (Wildman–Crippen LogP) is 2.80. The van der Waals surface area contributed by atoms with E-state index in [4.69, 9.17) is 11.6 Å². The number of benzene rings is 2. The smallest absolute Gasteiger partial charge is 0.380 e. The molecule has 2 fully saturated rings. The molecule has 1 atom stereocenters. The molecule has 2 amide bonds. The van der Waals surface area contributed by atoms with Crippen molar-refractivity contribution in [3.63, 3.8) is 0 Å². The van der Waals surface area contributed by atoms with Crippen LogP contribution in [0.2, 0.25) is 5.02 Å². The van der Waals surface area contributed by atoms with Crippen LogP contribution >= 0.6 is 11.6 Å². The SMILES string of the molecule is CN(C)C(=O)c1ccc(NC2CN(C3CN(C(=O)C(O)(c4ccccc4)C(F)(F)F)C3)C2)cc1Cl. The summed E-state index contributed by atoms with van der Waals surface area (Å²) in [5.74, 6) is -1.55. The Morgan fingerprint density at radius 1 is 1.06 bits per heavy atom. The molecular formula is C24H26ClF3N4O3. The number of rotatable bonds is 6. The van der Waals surface area contributed by atoms with E-state index in [0.717, 1.165) is 22.7 Å². The zero-order chi connectivity index (χ0) is 25.5. The largest absolute Gasteiger partial charge is 0.430 e. The van der Waals surface area contributed by atoms with Crippen molar-refractivity contribution in [3.8, 4) is 0 Å². The van der Waals surface area contributed by atoms with Crippen LogP contribution in [0.3, 0.4) is 0 Å². The number of nitrogens with one attached hydrogen (secondary N) is 1. The second-order valence-corrected chi connectivity index (χ2v) is 9.53. The van der Waals surface area contributed by atoms with Crippen molar-refractivity contribution >= 4 is 29.1 Å². The topological polar surface area (TPSA) is 76.1 Å². The van der Waals surface area contributed by atoms with Crippen LogP contribution in [0.1, 0.15) is 15.9 Å². The fraction of sp³-hybridized carbons (Fsp3) is 0.417. The molecule has 2 aliphatic heterocycles. The second-order valence-electron chi connectivity index (χ2n) is 9.13. The lowest BCUT2D eigenvalue weighted by molar-refractivity contribution is -0.264. The third-order valence-corrected chi connectivity index (χ3v) is 6.78. The third-order valence-electron chi connectivity index (χ3n) is 6.46. The molecule has 2 heterocycles. The highest BCUT2D eigenvalue weighted by atomic mass is 35.5. The summed E-state index contributed by atoms with van der Waals surface area (Å²) >= 11 is 6.25. The van der Waals surface area contributed by atoms with Crippen molar-refractivity contribution in [2.45, 2.75) is 23.9 Å². The van der Waals surface area contributed by atoms with Crippen molar-refractivity contribution in [2.24, 2.45) is 0 Å². The summed E-state index contributed by atoms with van der Waals surface area (Å²) in [4.78, 5) is 29.4. The molecule has 2 N–H and O–H groups in total. The van der Waals surface area contributed by atoms with Crippen molar-refractivity contribution in [3.05, 3.63) is 64.7 Å². The number of likely N-dealkylation sites (tertiary alicyclic amines) is 2. The molecule has 0 radical (unpaired) electrons. The van der Waals surface area contributed by atoms with Gasteiger partial charge >= 0.3 is 6.18 Å². The quantitative estimate of drug-likeness (QED) is 0.625. The van der Waals surface area contributed by atoms with E-state index < -0.39 is 23.2 Å². The summed E-state index contributed by atoms with van der Waals surface area (Å²) in [6, 6.07) is 11.6. The van der Waals surface area contributed by atoms with Gasteiger partial charge in [0, 0.05) is 57.6 Å². The number of amides is 2. The Balaban J connectivity index is 1.31. The van der Waals surface area contributed by atoms with Crippen LogP contribution in [0, 0.1) is 0 Å². The normalized spacial score (nSPS) is 18.9. The molecule has 2 saturated heterocycles. The molecule has 0 spiro atoms. The summed E-state index contributed by atoms with van der Waals surface area (Å²) in [6.45, 7) is 1.52. The van der Waals surface area contributed by atoms with Crippen LogP contribution in [-0.2, 0) is 10.4 Å². The van der Waals surface area contributed by atoms with E-state index in [1.54, 1.807) is 32.3 Å². The first-order valence-corrected chi connectivity index (χ1v) is 11.5. The Kier molecular flexibility index (Phi) is 6.74. The molecule has 188 valence electrons. The highest BCUT2D eigenvalue weighted by Crippen LogP contribution is 2.41. The molecular weight excluding hydrogens is 485 g/mol. The standard InChI is InChI=1S/C24H26ClF3N4O3/c1-30(2)21(33)19-9-8-16(10-20(19)25)29-17-11-31(12-17)18-13-32(14-18)22(34)23(35,24(26,27)28)15-6-4-3-5-7-15/h3-10,17-18,29,35H,11-14H2,1-2H3. The fourth-order valence-electron chi connectivity index (χ4n) is 4.33. The minimum atomic E-state index is -5.14. The van der Waals surface area contributed by atoms with Crippen LogP contribution in [0.15, 0.2) is 48.5 Å². The summed E-state index contributed by atoms with van der Waals surface area (Å²) < 4.78 is 41.2. The molecule has 35 heavy (non-hydrogen) atoms. The molecule has 1 unspecified atom stereocenters. The van der Waals surface area contributed by atoms with Gasteiger partial charge in [0.05, 0.1) is 16.6 Å². The summed E-state index contributed by atoms with van der Waals surface area (Å²) in [5.41, 5.74) is -2.90. The summed E-state index contributed by atoms with van der Waals surface area (Å²) in [7, 11) is 3.29. The van der Waals surface area contributed by atoms with Gasteiger partial charge in [-0.15, -0.1) is 0 Å². The second kappa shape index (κ2) is 9.33. The summed E-state index contributed by atoms with van der Waals surface area (Å²) in [6.07, 6.45) is -5.14. The van der Waals surface area contributed by atoms with Gasteiger partial charge in [-0.05, 0) is 18.2 Å². The minimum Gasteiger partial charge on any atom is -0.380 e. The van der Waals surface area contributed by atoms with Crippen molar-refractivity contribution < 1.29 is 27.9 Å². The van der Waals surface area contributed by atoms with Gasteiger partial charge in [0.2, 0.25) is 0 Å². The van der Waals surface area contributed by atoms with E-state index in [-0.39, 0.29) is 31.1 Å². The van der Waals surface area contributed by atoms with Gasteiger partial charge in [-0.3, -0.25) is 14.5 Å². The zero-order valence-corrected chi connectivity index (χ0v) is 20.0. The molecule has 4 rings (SSSR count). The van der Waals surface area contributed by atoms with Gasteiger partial charge in [0.15, 0.2) is 0 Å². The van der Waals surface area contributed by atoms with Gasteiger partial charge < -0.3 is 20.2 Å². The number of hydrogen-bond acceptors (Lipinski definition) is 5. The Bertz CT molecular complexity index is 1100. The molecule has 0 aliphatic carbocycles. The third kappa shape index (κ3) is 4.70. The first kappa shape index (κ1) is 25.3. The first-order chi connectivity index (χ1) is 16.4. The van der Waals surface area contributed by atoms with Gasteiger partial charge in [0.25, 0.3) is 17.4 Å². The Labute approximate surface area is 206 Å². The lowest BCUT2D eigenvalue weighted by Gasteiger charge is -2.53. The summed E-state index contributed by atoms with van der Waals surface area (Å²) in [5, 5.41) is 14.1. The first-order valence-electron chi connectivity index (χ1n) is 11.1. The van der Waals surface area contributed by atoms with E-state index in [1.165, 1.54) is 23.1 Å². The zero-order valence-electron chi connectivity index (χ0n) is 19.2. The van der Waals surface area contributed by atoms with Crippen molar-refractivity contribution in [1.82, 2.24) is 14.7 Å². The molecule has 2 aliphatic rings. The molecule has 0 saturated carbocycles. The average molecular weight is 511 g/mol. The number of carbonyl (C=O) groups is 2. The van der Waals surface area contributed by atoms with Gasteiger partial charge in [0.1, 0.15) is 0 Å². The van der Waals surface area contributed by atoms with Crippen LogP contribution in [-0.4, -0.2) is 90.2 Å². The molecule has 7 nitrogen and oxygen atoms in total. The van der Waals surface area contributed by atoms with Gasteiger partial charge in [-0.1, -0.05) is 41.9 Å². The molecule has 2 aromatic rings. The lowest BCUT2D eigenvalue weighted by atomic mass is 9.89. The number of carbonyl (C=O) groups excluding carboxylic acids is 2. The molecule has 0 bridgehead atoms. The maximum Gasteiger partial charge on any atom is 0.430 e. The van der Waals surface area contributed by atoms with Gasteiger partial charge in [-0.25, -0.2) is 0 Å². The molecule has 0 aromatic heterocycles. The van der Waals surface area contributed by atoms with Crippen LogP contribution < -0.4 is 5.32 Å². The average Bonchev–Trinajstić information content (AvgIpc) is 2.74. The number of aliphatic hydroxyl groups is 1. The van der Waals surface area contributed by atoms with E-state index in [0.29, 0.717) is 23.7 Å². The minimum absolute atomic E-state index is 0.0751. The fourth-order valence-corrected chi connectivity index (χ4v) is 4.59. The Morgan fingerprint density at radius 2 is 1.69 bits per heavy atom. The van der Waals surface area contributed by atoms with Crippen LogP contribution in [0.5, 0.6) is 0 Å². The number of hydrogen-bond donors (Lipinski definition) is 2. The van der Waals surface area contributed by atoms with Crippen molar-refractivity contribution in [1.29, 1.82) is 0 Å². The van der Waals surface area contributed by atoms with Crippen molar-refractivity contribution in [2.75, 3.05) is 45.6 Å². The number of anilines is 1. The number of halogens is 4. The maximum atomic E-state index is 13.7. The highest BCUT2D eigenvalue weighted by molar-refractivity contribution is 6.34. The number of nitrogens with zero attached hydrogens (tertiary/aromatic N) is 3. The van der Waals surface area contributed by atoms with E-state index >= 15 is 0 Å². The van der Waals surface area contributed by atoms with E-state index in [9.17, 15) is 27.9 Å². The number of alkyl halides is 3. The Morgan fingerprint density at radius 3 is 2.23 bits per heavy atom. The van der Waals surface area contributed by atoms with E-state index in [2.05, 4.69) is 10.2 Å². The maximum absolute atomic E-state index is 13.7. The van der Waals surface area contributed by atoms with E-state index in [1.807, 2.05) is 0 Å². The monoisotopic (exact) mass is 510 g/mol. The molecule has 2 aromatic carbocycles. The van der Waals surface area contributed by atoms with Crippen LogP contribution in [0.4, 0.5) is 18.9 Å². The predicted molar refractivity (Wildman–Crippen MR) is 125 cm³/mol. The Hall–Kier alpha value is -2.82. The highest BCUT2D eigenvalue weighted by Gasteiger charge is 2.63. The molecule has 11 heteroatoms. The lowest BCUT2D eigenvalue weighted by Crippen LogP contribution is -2.71. The van der Waals surface area contributed by atoms with Gasteiger partial charge in [-0.2, -0.15) is 13.2 Å². The van der Waals surface area contributed by atoms with Crippen LogP contribution in [0.25, 0.3) is 0 Å².